The zero-order valence-corrected chi connectivity index (χ0v) is 9.89. The number of carbonyl (C=O) groups excluding carboxylic acids is 1. The van der Waals surface area contributed by atoms with Crippen LogP contribution in [0, 0.1) is 13.8 Å². The Morgan fingerprint density at radius 3 is 3.00 bits per heavy atom. The topological polar surface area (TPSA) is 42.3 Å². The molecule has 0 saturated heterocycles. The highest BCUT2D eigenvalue weighted by molar-refractivity contribution is 7.21. The van der Waals surface area contributed by atoms with Gasteiger partial charge in [0.15, 0.2) is 5.78 Å². The van der Waals surface area contributed by atoms with Crippen molar-refractivity contribution < 1.29 is 4.79 Å². The molecule has 16 heavy (non-hydrogen) atoms. The highest BCUT2D eigenvalue weighted by Gasteiger charge is 2.22. The Bertz CT molecular complexity index is 640. The lowest BCUT2D eigenvalue weighted by Gasteiger charge is -2.03. The molecular weight excluding hydrogens is 220 g/mol. The molecule has 0 aliphatic carbocycles. The van der Waals surface area contributed by atoms with Crippen LogP contribution < -0.4 is 0 Å². The maximum absolute atomic E-state index is 11.7. The number of thiophene rings is 1. The van der Waals surface area contributed by atoms with Crippen LogP contribution in [0.15, 0.2) is 11.1 Å². The molecule has 80 valence electrons. The summed E-state index contributed by atoms with van der Waals surface area (Å²) in [5.74, 6) is 0.157. The lowest BCUT2D eigenvalue weighted by Crippen LogP contribution is -2.00. The molecule has 0 fully saturated rings. The predicted molar refractivity (Wildman–Crippen MR) is 66.2 cm³/mol. The van der Waals surface area contributed by atoms with E-state index in [1.54, 1.807) is 6.21 Å². The first-order chi connectivity index (χ1) is 7.66. The Labute approximate surface area is 96.8 Å². The minimum atomic E-state index is 0.157. The summed E-state index contributed by atoms with van der Waals surface area (Å²) in [6, 6.07) is 2.03. The molecule has 3 nitrogen and oxygen atoms in total. The molecule has 0 atom stereocenters. The van der Waals surface area contributed by atoms with E-state index in [9.17, 15) is 4.79 Å². The van der Waals surface area contributed by atoms with Gasteiger partial charge in [0, 0.05) is 23.7 Å². The number of hydrogen-bond acceptors (Lipinski definition) is 4. The largest absolute Gasteiger partial charge is 0.293 e. The first-order valence-corrected chi connectivity index (χ1v) is 5.95. The van der Waals surface area contributed by atoms with Crippen LogP contribution in [0.2, 0.25) is 0 Å². The molecule has 0 radical (unpaired) electrons. The minimum absolute atomic E-state index is 0.157. The summed E-state index contributed by atoms with van der Waals surface area (Å²) in [6.45, 7) is 4.01. The van der Waals surface area contributed by atoms with Crippen LogP contribution in [-0.4, -0.2) is 17.0 Å². The third-order valence-corrected chi connectivity index (χ3v) is 3.83. The van der Waals surface area contributed by atoms with Crippen LogP contribution in [-0.2, 0) is 0 Å². The molecule has 2 aromatic heterocycles. The summed E-state index contributed by atoms with van der Waals surface area (Å²) in [5.41, 5.74) is 2.95. The SMILES string of the molecule is Cc1cc(C)c2c3c(sc2n1)C(=O)CC=N3. The Kier molecular flexibility index (Phi) is 1.94. The van der Waals surface area contributed by atoms with Crippen LogP contribution in [0.3, 0.4) is 0 Å². The molecular formula is C12H10N2OS. The summed E-state index contributed by atoms with van der Waals surface area (Å²) in [4.78, 5) is 22.2. The standard InChI is InChI=1S/C12H10N2OS/c1-6-5-7(2)14-12-9(6)10-11(16-12)8(15)3-4-13-10/h4-5H,3H2,1-2H3. The maximum atomic E-state index is 11.7. The van der Waals surface area contributed by atoms with E-state index in [2.05, 4.69) is 9.98 Å². The molecule has 0 bridgehead atoms. The van der Waals surface area contributed by atoms with Crippen molar-refractivity contribution >= 4 is 39.2 Å². The number of hydrogen-bond donors (Lipinski definition) is 0. The average Bonchev–Trinajstić information content (AvgIpc) is 2.57. The molecule has 1 aliphatic rings. The van der Waals surface area contributed by atoms with Gasteiger partial charge in [0.2, 0.25) is 0 Å². The monoisotopic (exact) mass is 230 g/mol. The van der Waals surface area contributed by atoms with Crippen LogP contribution in [0.25, 0.3) is 10.2 Å². The first kappa shape index (κ1) is 9.66. The van der Waals surface area contributed by atoms with E-state index in [-0.39, 0.29) is 5.78 Å². The number of ketones is 1. The Balaban J connectivity index is 2.46. The van der Waals surface area contributed by atoms with Gasteiger partial charge in [0.1, 0.15) is 4.83 Å². The molecule has 0 spiro atoms. The minimum Gasteiger partial charge on any atom is -0.293 e. The third kappa shape index (κ3) is 1.23. The first-order valence-electron chi connectivity index (χ1n) is 5.13. The van der Waals surface area contributed by atoms with E-state index in [4.69, 9.17) is 0 Å². The number of aliphatic imine (C=N–C) groups is 1. The molecule has 0 N–H and O–H groups in total. The van der Waals surface area contributed by atoms with Gasteiger partial charge in [-0.25, -0.2) is 4.98 Å². The van der Waals surface area contributed by atoms with Crippen molar-refractivity contribution in [3.63, 3.8) is 0 Å². The number of rotatable bonds is 0. The van der Waals surface area contributed by atoms with Gasteiger partial charge < -0.3 is 0 Å². The third-order valence-electron chi connectivity index (χ3n) is 2.71. The maximum Gasteiger partial charge on any atom is 0.180 e. The van der Waals surface area contributed by atoms with Crippen molar-refractivity contribution in [1.29, 1.82) is 0 Å². The zero-order chi connectivity index (χ0) is 11.3. The van der Waals surface area contributed by atoms with Gasteiger partial charge in [-0.2, -0.15) is 0 Å². The molecule has 0 aromatic carbocycles. The number of pyridine rings is 1. The van der Waals surface area contributed by atoms with E-state index >= 15 is 0 Å². The van der Waals surface area contributed by atoms with Gasteiger partial charge in [0.25, 0.3) is 0 Å². The molecule has 1 aliphatic heterocycles. The lowest BCUT2D eigenvalue weighted by atomic mass is 10.1. The molecule has 3 rings (SSSR count). The van der Waals surface area contributed by atoms with Crippen LogP contribution in [0.4, 0.5) is 5.69 Å². The van der Waals surface area contributed by atoms with Gasteiger partial charge in [-0.3, -0.25) is 9.79 Å². The smallest absolute Gasteiger partial charge is 0.180 e. The van der Waals surface area contributed by atoms with E-state index in [1.165, 1.54) is 11.3 Å². The van der Waals surface area contributed by atoms with Crippen molar-refractivity contribution in [2.24, 2.45) is 4.99 Å². The fourth-order valence-electron chi connectivity index (χ4n) is 2.05. The Morgan fingerprint density at radius 2 is 2.19 bits per heavy atom. The molecule has 4 heteroatoms. The fourth-order valence-corrected chi connectivity index (χ4v) is 3.24. The van der Waals surface area contributed by atoms with E-state index in [0.717, 1.165) is 32.0 Å². The Hall–Kier alpha value is -1.55. The molecule has 3 heterocycles. The van der Waals surface area contributed by atoms with Crippen molar-refractivity contribution in [3.8, 4) is 0 Å². The highest BCUT2D eigenvalue weighted by Crippen LogP contribution is 2.40. The number of carbonyl (C=O) groups is 1. The van der Waals surface area contributed by atoms with Crippen molar-refractivity contribution in [3.05, 3.63) is 22.2 Å². The number of fused-ring (bicyclic) bond motifs is 3. The quantitative estimate of drug-likeness (QED) is 0.697. The van der Waals surface area contributed by atoms with Gasteiger partial charge in [0.05, 0.1) is 10.6 Å². The summed E-state index contributed by atoms with van der Waals surface area (Å²) in [6.07, 6.45) is 2.11. The Morgan fingerprint density at radius 1 is 1.38 bits per heavy atom. The second-order valence-electron chi connectivity index (χ2n) is 3.98. The summed E-state index contributed by atoms with van der Waals surface area (Å²) >= 11 is 1.46. The zero-order valence-electron chi connectivity index (χ0n) is 9.07. The second-order valence-corrected chi connectivity index (χ2v) is 4.98. The number of Topliss-reactive ketones (excluding diaryl/α,β-unsaturated/α-hetero) is 1. The highest BCUT2D eigenvalue weighted by atomic mass is 32.1. The van der Waals surface area contributed by atoms with Crippen molar-refractivity contribution in [2.45, 2.75) is 20.3 Å². The van der Waals surface area contributed by atoms with Crippen LogP contribution in [0.1, 0.15) is 27.3 Å². The van der Waals surface area contributed by atoms with E-state index < -0.39 is 0 Å². The van der Waals surface area contributed by atoms with Crippen LogP contribution >= 0.6 is 11.3 Å². The summed E-state index contributed by atoms with van der Waals surface area (Å²) in [7, 11) is 0. The molecule has 0 amide bonds. The van der Waals surface area contributed by atoms with E-state index in [0.29, 0.717) is 6.42 Å². The second kappa shape index (κ2) is 3.22. The van der Waals surface area contributed by atoms with Crippen LogP contribution in [0.5, 0.6) is 0 Å². The van der Waals surface area contributed by atoms with Gasteiger partial charge in [-0.1, -0.05) is 0 Å². The molecule has 0 unspecified atom stereocenters. The molecule has 0 saturated carbocycles. The van der Waals surface area contributed by atoms with Gasteiger partial charge >= 0.3 is 0 Å². The van der Waals surface area contributed by atoms with Crippen molar-refractivity contribution in [2.75, 3.05) is 0 Å². The van der Waals surface area contributed by atoms with Gasteiger partial charge in [-0.15, -0.1) is 11.3 Å². The van der Waals surface area contributed by atoms with Crippen molar-refractivity contribution in [1.82, 2.24) is 4.98 Å². The van der Waals surface area contributed by atoms with Gasteiger partial charge in [-0.05, 0) is 25.5 Å². The average molecular weight is 230 g/mol. The predicted octanol–water partition coefficient (Wildman–Crippen LogP) is 3.20. The van der Waals surface area contributed by atoms with E-state index in [1.807, 2.05) is 19.9 Å². The normalized spacial score (nSPS) is 14.5. The lowest BCUT2D eigenvalue weighted by molar-refractivity contribution is 0.100. The number of aryl methyl sites for hydroxylation is 2. The summed E-state index contributed by atoms with van der Waals surface area (Å²) in [5, 5.41) is 1.04. The molecule has 2 aromatic rings. The number of aromatic nitrogens is 1. The summed E-state index contributed by atoms with van der Waals surface area (Å²) < 4.78 is 0. The number of nitrogens with zero attached hydrogens (tertiary/aromatic N) is 2. The fraction of sp³-hybridized carbons (Fsp3) is 0.250.